The van der Waals surface area contributed by atoms with Crippen LogP contribution in [0.25, 0.3) is 0 Å². The van der Waals surface area contributed by atoms with Gasteiger partial charge in [-0.15, -0.1) is 0 Å². The standard InChI is InChI=1S/C17H21NO3/c1-20-16-8-5-14(17(11-16)21-2)12-18-10-9-13-3-6-15(19)7-4-13/h3-8,11,18-19H,9-10,12H2,1-2H3. The molecule has 4 heteroatoms. The Morgan fingerprint density at radius 2 is 1.76 bits per heavy atom. The van der Waals surface area contributed by atoms with E-state index in [0.29, 0.717) is 5.75 Å². The van der Waals surface area contributed by atoms with E-state index in [0.717, 1.165) is 36.6 Å². The van der Waals surface area contributed by atoms with Gasteiger partial charge in [-0.25, -0.2) is 0 Å². The molecule has 4 nitrogen and oxygen atoms in total. The zero-order valence-corrected chi connectivity index (χ0v) is 12.4. The molecule has 21 heavy (non-hydrogen) atoms. The van der Waals surface area contributed by atoms with E-state index in [-0.39, 0.29) is 0 Å². The van der Waals surface area contributed by atoms with Gasteiger partial charge in [0.2, 0.25) is 0 Å². The number of hydrogen-bond donors (Lipinski definition) is 2. The molecule has 0 aliphatic carbocycles. The van der Waals surface area contributed by atoms with Crippen molar-refractivity contribution in [3.63, 3.8) is 0 Å². The van der Waals surface area contributed by atoms with Gasteiger partial charge in [0.15, 0.2) is 0 Å². The van der Waals surface area contributed by atoms with Crippen LogP contribution in [0.4, 0.5) is 0 Å². The number of phenolic OH excluding ortho intramolecular Hbond substituents is 1. The fourth-order valence-electron chi connectivity index (χ4n) is 2.12. The van der Waals surface area contributed by atoms with Gasteiger partial charge in [-0.2, -0.15) is 0 Å². The van der Waals surface area contributed by atoms with E-state index in [4.69, 9.17) is 9.47 Å². The van der Waals surface area contributed by atoms with Gasteiger partial charge in [-0.05, 0) is 36.7 Å². The van der Waals surface area contributed by atoms with Crippen LogP contribution < -0.4 is 14.8 Å². The highest BCUT2D eigenvalue weighted by Crippen LogP contribution is 2.24. The van der Waals surface area contributed by atoms with E-state index in [1.54, 1.807) is 26.4 Å². The minimum Gasteiger partial charge on any atom is -0.508 e. The van der Waals surface area contributed by atoms with Crippen LogP contribution in [-0.4, -0.2) is 25.9 Å². The van der Waals surface area contributed by atoms with Crippen LogP contribution in [0.3, 0.4) is 0 Å². The number of ether oxygens (including phenoxy) is 2. The second-order valence-electron chi connectivity index (χ2n) is 4.77. The largest absolute Gasteiger partial charge is 0.508 e. The molecular formula is C17H21NO3. The second-order valence-corrected chi connectivity index (χ2v) is 4.77. The molecule has 0 saturated heterocycles. The summed E-state index contributed by atoms with van der Waals surface area (Å²) in [7, 11) is 3.30. The van der Waals surface area contributed by atoms with Crippen molar-refractivity contribution in [2.45, 2.75) is 13.0 Å². The molecule has 0 aromatic heterocycles. The Balaban J connectivity index is 1.84. The van der Waals surface area contributed by atoms with E-state index >= 15 is 0 Å². The maximum absolute atomic E-state index is 9.24. The van der Waals surface area contributed by atoms with Gasteiger partial charge in [0.1, 0.15) is 17.2 Å². The lowest BCUT2D eigenvalue weighted by Gasteiger charge is -2.11. The average molecular weight is 287 g/mol. The van der Waals surface area contributed by atoms with Crippen LogP contribution in [-0.2, 0) is 13.0 Å². The Morgan fingerprint density at radius 1 is 1.00 bits per heavy atom. The lowest BCUT2D eigenvalue weighted by atomic mass is 10.1. The van der Waals surface area contributed by atoms with Crippen LogP contribution in [0, 0.1) is 0 Å². The van der Waals surface area contributed by atoms with Crippen molar-refractivity contribution in [1.82, 2.24) is 5.32 Å². The molecule has 2 N–H and O–H groups in total. The highest BCUT2D eigenvalue weighted by Gasteiger charge is 2.04. The van der Waals surface area contributed by atoms with Crippen molar-refractivity contribution in [2.75, 3.05) is 20.8 Å². The highest BCUT2D eigenvalue weighted by atomic mass is 16.5. The van der Waals surface area contributed by atoms with Crippen molar-refractivity contribution in [3.8, 4) is 17.2 Å². The molecule has 0 radical (unpaired) electrons. The van der Waals surface area contributed by atoms with E-state index in [1.165, 1.54) is 5.56 Å². The number of nitrogens with one attached hydrogen (secondary N) is 1. The third-order valence-electron chi connectivity index (χ3n) is 3.34. The molecular weight excluding hydrogens is 266 g/mol. The first-order valence-corrected chi connectivity index (χ1v) is 6.92. The first kappa shape index (κ1) is 15.2. The van der Waals surface area contributed by atoms with Gasteiger partial charge in [0.05, 0.1) is 14.2 Å². The maximum Gasteiger partial charge on any atom is 0.127 e. The predicted octanol–water partition coefficient (Wildman–Crippen LogP) is 2.74. The van der Waals surface area contributed by atoms with Crippen LogP contribution in [0.2, 0.25) is 0 Å². The normalized spacial score (nSPS) is 10.4. The Bertz CT molecular complexity index is 567. The number of phenols is 1. The quantitative estimate of drug-likeness (QED) is 0.769. The molecule has 0 heterocycles. The first-order chi connectivity index (χ1) is 10.2. The summed E-state index contributed by atoms with van der Waals surface area (Å²) < 4.78 is 10.6. The van der Waals surface area contributed by atoms with Crippen molar-refractivity contribution in [3.05, 3.63) is 53.6 Å². The number of methoxy groups -OCH3 is 2. The number of aromatic hydroxyl groups is 1. The summed E-state index contributed by atoms with van der Waals surface area (Å²) in [6.45, 7) is 1.60. The number of hydrogen-bond acceptors (Lipinski definition) is 4. The molecule has 0 spiro atoms. The molecule has 0 aliphatic rings. The molecule has 2 rings (SSSR count). The molecule has 112 valence electrons. The minimum atomic E-state index is 0.301. The fourth-order valence-corrected chi connectivity index (χ4v) is 2.12. The zero-order chi connectivity index (χ0) is 15.1. The molecule has 2 aromatic rings. The maximum atomic E-state index is 9.24. The third kappa shape index (κ3) is 4.39. The number of benzene rings is 2. The SMILES string of the molecule is COc1ccc(CNCCc2ccc(O)cc2)c(OC)c1. The van der Waals surface area contributed by atoms with Gasteiger partial charge in [0, 0.05) is 18.2 Å². The van der Waals surface area contributed by atoms with Crippen LogP contribution >= 0.6 is 0 Å². The summed E-state index contributed by atoms with van der Waals surface area (Å²) in [6.07, 6.45) is 0.915. The summed E-state index contributed by atoms with van der Waals surface area (Å²) in [5.41, 5.74) is 2.30. The molecule has 0 amide bonds. The van der Waals surface area contributed by atoms with Crippen molar-refractivity contribution in [2.24, 2.45) is 0 Å². The van der Waals surface area contributed by atoms with E-state index in [9.17, 15) is 5.11 Å². The Hall–Kier alpha value is -2.20. The fraction of sp³-hybridized carbons (Fsp3) is 0.294. The van der Waals surface area contributed by atoms with Crippen molar-refractivity contribution >= 4 is 0 Å². The van der Waals surface area contributed by atoms with E-state index < -0.39 is 0 Å². The molecule has 0 bridgehead atoms. The van der Waals surface area contributed by atoms with E-state index in [1.807, 2.05) is 30.3 Å². The second kappa shape index (κ2) is 7.55. The minimum absolute atomic E-state index is 0.301. The summed E-state index contributed by atoms with van der Waals surface area (Å²) >= 11 is 0. The van der Waals surface area contributed by atoms with Crippen molar-refractivity contribution < 1.29 is 14.6 Å². The van der Waals surface area contributed by atoms with Crippen LogP contribution in [0.1, 0.15) is 11.1 Å². The summed E-state index contributed by atoms with van der Waals surface area (Å²) in [6, 6.07) is 13.1. The van der Waals surface area contributed by atoms with Gasteiger partial charge < -0.3 is 19.9 Å². The Morgan fingerprint density at radius 3 is 2.43 bits per heavy atom. The third-order valence-corrected chi connectivity index (χ3v) is 3.34. The Labute approximate surface area is 125 Å². The lowest BCUT2D eigenvalue weighted by molar-refractivity contribution is 0.390. The van der Waals surface area contributed by atoms with Gasteiger partial charge in [-0.3, -0.25) is 0 Å². The first-order valence-electron chi connectivity index (χ1n) is 6.92. The molecule has 0 unspecified atom stereocenters. The predicted molar refractivity (Wildman–Crippen MR) is 83.1 cm³/mol. The number of rotatable bonds is 7. The molecule has 0 saturated carbocycles. The summed E-state index contributed by atoms with van der Waals surface area (Å²) in [5.74, 6) is 1.92. The average Bonchev–Trinajstić information content (AvgIpc) is 2.53. The Kier molecular flexibility index (Phi) is 5.46. The molecule has 2 aromatic carbocycles. The summed E-state index contributed by atoms with van der Waals surface area (Å²) in [4.78, 5) is 0. The van der Waals surface area contributed by atoms with Crippen LogP contribution in [0.5, 0.6) is 17.2 Å². The van der Waals surface area contributed by atoms with Gasteiger partial charge in [0.25, 0.3) is 0 Å². The van der Waals surface area contributed by atoms with Crippen LogP contribution in [0.15, 0.2) is 42.5 Å². The van der Waals surface area contributed by atoms with Gasteiger partial charge in [-0.1, -0.05) is 18.2 Å². The summed E-state index contributed by atoms with van der Waals surface area (Å²) in [5, 5.41) is 12.6. The monoisotopic (exact) mass is 287 g/mol. The molecule has 0 fully saturated rings. The van der Waals surface area contributed by atoms with E-state index in [2.05, 4.69) is 5.32 Å². The van der Waals surface area contributed by atoms with Crippen molar-refractivity contribution in [1.29, 1.82) is 0 Å². The smallest absolute Gasteiger partial charge is 0.127 e. The lowest BCUT2D eigenvalue weighted by Crippen LogP contribution is -2.17. The topological polar surface area (TPSA) is 50.7 Å². The molecule has 0 aliphatic heterocycles. The highest BCUT2D eigenvalue weighted by molar-refractivity contribution is 5.40. The zero-order valence-electron chi connectivity index (χ0n) is 12.4. The molecule has 0 atom stereocenters. The van der Waals surface area contributed by atoms with Gasteiger partial charge >= 0.3 is 0 Å².